The molecule has 0 N–H and O–H groups in total. The number of thiophene rings is 1. The van der Waals surface area contributed by atoms with E-state index in [9.17, 15) is 0 Å². The van der Waals surface area contributed by atoms with Gasteiger partial charge in [-0.05, 0) is 43.2 Å². The van der Waals surface area contributed by atoms with Crippen LogP contribution in [-0.2, 0) is 0 Å². The van der Waals surface area contributed by atoms with Crippen LogP contribution >= 0.6 is 11.3 Å². The van der Waals surface area contributed by atoms with Gasteiger partial charge in [0.1, 0.15) is 0 Å². The predicted molar refractivity (Wildman–Crippen MR) is 57.0 cm³/mol. The minimum Gasteiger partial charge on any atom is -0.265 e. The van der Waals surface area contributed by atoms with Crippen molar-refractivity contribution in [3.05, 3.63) is 41.0 Å². The van der Waals surface area contributed by atoms with Crippen molar-refractivity contribution in [2.24, 2.45) is 0 Å². The monoisotopic (exact) mass is 189 g/mol. The molecule has 0 aliphatic heterocycles. The van der Waals surface area contributed by atoms with Crippen LogP contribution in [0.15, 0.2) is 30.6 Å². The van der Waals surface area contributed by atoms with E-state index in [0.717, 1.165) is 0 Å². The van der Waals surface area contributed by atoms with E-state index in [4.69, 9.17) is 0 Å². The number of hydrogen-bond acceptors (Lipinski definition) is 2. The van der Waals surface area contributed by atoms with Crippen molar-refractivity contribution >= 4 is 11.3 Å². The highest BCUT2D eigenvalue weighted by Gasteiger charge is 2.04. The van der Waals surface area contributed by atoms with Crippen LogP contribution in [0, 0.1) is 13.8 Å². The molecule has 2 rings (SSSR count). The molecule has 0 aliphatic rings. The predicted octanol–water partition coefficient (Wildman–Crippen LogP) is 3.43. The van der Waals surface area contributed by atoms with Gasteiger partial charge in [-0.3, -0.25) is 4.98 Å². The number of aryl methyl sites for hydroxylation is 2. The quantitative estimate of drug-likeness (QED) is 0.669. The fourth-order valence-electron chi connectivity index (χ4n) is 1.43. The highest BCUT2D eigenvalue weighted by Crippen LogP contribution is 2.31. The Morgan fingerprint density at radius 1 is 1.15 bits per heavy atom. The Bertz CT molecular complexity index is 403. The van der Waals surface area contributed by atoms with E-state index < -0.39 is 0 Å². The molecule has 0 atom stereocenters. The van der Waals surface area contributed by atoms with Crippen molar-refractivity contribution < 1.29 is 0 Å². The lowest BCUT2D eigenvalue weighted by Crippen LogP contribution is -1.75. The van der Waals surface area contributed by atoms with Crippen LogP contribution < -0.4 is 0 Å². The molecule has 0 amide bonds. The van der Waals surface area contributed by atoms with E-state index in [1.165, 1.54) is 20.9 Å². The first kappa shape index (κ1) is 8.45. The van der Waals surface area contributed by atoms with Crippen molar-refractivity contribution in [1.82, 2.24) is 4.98 Å². The Kier molecular flexibility index (Phi) is 2.15. The Morgan fingerprint density at radius 3 is 2.38 bits per heavy atom. The lowest BCUT2D eigenvalue weighted by molar-refractivity contribution is 1.33. The summed E-state index contributed by atoms with van der Waals surface area (Å²) in [6.45, 7) is 4.29. The van der Waals surface area contributed by atoms with Gasteiger partial charge < -0.3 is 0 Å². The summed E-state index contributed by atoms with van der Waals surface area (Å²) in [6.07, 6.45) is 3.67. The third-order valence-corrected chi connectivity index (χ3v) is 3.19. The van der Waals surface area contributed by atoms with E-state index in [2.05, 4.69) is 37.0 Å². The van der Waals surface area contributed by atoms with Crippen molar-refractivity contribution in [3.8, 4) is 10.4 Å². The minimum atomic E-state index is 1.27. The maximum atomic E-state index is 4.01. The van der Waals surface area contributed by atoms with Gasteiger partial charge in [0.25, 0.3) is 0 Å². The molecule has 2 aromatic heterocycles. The summed E-state index contributed by atoms with van der Waals surface area (Å²) < 4.78 is 0. The van der Waals surface area contributed by atoms with Gasteiger partial charge in [-0.2, -0.15) is 0 Å². The molecule has 0 bridgehead atoms. The number of pyridine rings is 1. The normalized spacial score (nSPS) is 10.3. The Morgan fingerprint density at radius 2 is 1.85 bits per heavy atom. The van der Waals surface area contributed by atoms with Gasteiger partial charge in [-0.15, -0.1) is 11.3 Å². The molecule has 0 aliphatic carbocycles. The van der Waals surface area contributed by atoms with Crippen molar-refractivity contribution in [2.45, 2.75) is 13.8 Å². The van der Waals surface area contributed by atoms with Gasteiger partial charge in [-0.1, -0.05) is 0 Å². The molecular weight excluding hydrogens is 178 g/mol. The zero-order chi connectivity index (χ0) is 9.26. The summed E-state index contributed by atoms with van der Waals surface area (Å²) in [7, 11) is 0. The molecule has 0 saturated heterocycles. The average Bonchev–Trinajstić information content (AvgIpc) is 2.47. The maximum absolute atomic E-state index is 4.01. The second kappa shape index (κ2) is 3.30. The zero-order valence-corrected chi connectivity index (χ0v) is 8.56. The molecule has 2 aromatic rings. The summed E-state index contributed by atoms with van der Waals surface area (Å²) in [5.74, 6) is 0. The smallest absolute Gasteiger partial charge is 0.0375 e. The lowest BCUT2D eigenvalue weighted by Gasteiger charge is -1.97. The lowest BCUT2D eigenvalue weighted by atomic mass is 10.1. The summed E-state index contributed by atoms with van der Waals surface area (Å²) in [5.41, 5.74) is 2.62. The van der Waals surface area contributed by atoms with Crippen LogP contribution in [0.25, 0.3) is 10.4 Å². The van der Waals surface area contributed by atoms with E-state index >= 15 is 0 Å². The third-order valence-electron chi connectivity index (χ3n) is 1.98. The summed E-state index contributed by atoms with van der Waals surface area (Å²) in [6, 6.07) is 6.33. The molecule has 0 unspecified atom stereocenters. The fraction of sp³-hybridized carbons (Fsp3) is 0.182. The van der Waals surface area contributed by atoms with Crippen molar-refractivity contribution in [3.63, 3.8) is 0 Å². The first-order valence-electron chi connectivity index (χ1n) is 4.25. The zero-order valence-electron chi connectivity index (χ0n) is 7.74. The molecule has 0 spiro atoms. The molecule has 2 heterocycles. The number of aromatic nitrogens is 1. The Labute approximate surface area is 82.1 Å². The topological polar surface area (TPSA) is 12.9 Å². The SMILES string of the molecule is Cc1cc(C)c(-c2ccncc2)s1. The molecule has 13 heavy (non-hydrogen) atoms. The summed E-state index contributed by atoms with van der Waals surface area (Å²) in [5, 5.41) is 0. The third kappa shape index (κ3) is 1.63. The fourth-order valence-corrected chi connectivity index (χ4v) is 2.46. The Balaban J connectivity index is 2.53. The van der Waals surface area contributed by atoms with Gasteiger partial charge in [-0.25, -0.2) is 0 Å². The molecule has 1 nitrogen and oxygen atoms in total. The summed E-state index contributed by atoms with van der Waals surface area (Å²) in [4.78, 5) is 6.74. The molecular formula is C11H11NS. The first-order valence-corrected chi connectivity index (χ1v) is 5.06. The number of nitrogens with zero attached hydrogens (tertiary/aromatic N) is 1. The number of rotatable bonds is 1. The minimum absolute atomic E-state index is 1.27. The van der Waals surface area contributed by atoms with Crippen molar-refractivity contribution in [2.75, 3.05) is 0 Å². The van der Waals surface area contributed by atoms with Gasteiger partial charge >= 0.3 is 0 Å². The van der Waals surface area contributed by atoms with Gasteiger partial charge in [0, 0.05) is 22.1 Å². The Hall–Kier alpha value is -1.15. The molecule has 0 saturated carbocycles. The molecule has 2 heteroatoms. The average molecular weight is 189 g/mol. The van der Waals surface area contributed by atoms with Gasteiger partial charge in [0.15, 0.2) is 0 Å². The van der Waals surface area contributed by atoms with Crippen LogP contribution in [0.5, 0.6) is 0 Å². The standard InChI is InChI=1S/C11H11NS/c1-8-7-9(2)13-11(8)10-3-5-12-6-4-10/h3-7H,1-2H3. The maximum Gasteiger partial charge on any atom is 0.0375 e. The van der Waals surface area contributed by atoms with E-state index in [0.29, 0.717) is 0 Å². The molecule has 0 aromatic carbocycles. The van der Waals surface area contributed by atoms with Gasteiger partial charge in [0.2, 0.25) is 0 Å². The second-order valence-electron chi connectivity index (χ2n) is 3.11. The van der Waals surface area contributed by atoms with Crippen LogP contribution in [0.2, 0.25) is 0 Å². The second-order valence-corrected chi connectivity index (χ2v) is 4.36. The number of hydrogen-bond donors (Lipinski definition) is 0. The van der Waals surface area contributed by atoms with Gasteiger partial charge in [0.05, 0.1) is 0 Å². The first-order chi connectivity index (χ1) is 6.27. The summed E-state index contributed by atoms with van der Waals surface area (Å²) >= 11 is 1.84. The van der Waals surface area contributed by atoms with E-state index in [-0.39, 0.29) is 0 Å². The van der Waals surface area contributed by atoms with E-state index in [1.807, 2.05) is 23.7 Å². The highest BCUT2D eigenvalue weighted by atomic mass is 32.1. The van der Waals surface area contributed by atoms with E-state index in [1.54, 1.807) is 0 Å². The largest absolute Gasteiger partial charge is 0.265 e. The molecule has 66 valence electrons. The van der Waals surface area contributed by atoms with Crippen LogP contribution in [0.3, 0.4) is 0 Å². The van der Waals surface area contributed by atoms with Crippen molar-refractivity contribution in [1.29, 1.82) is 0 Å². The van der Waals surface area contributed by atoms with Crippen LogP contribution in [0.4, 0.5) is 0 Å². The van der Waals surface area contributed by atoms with Crippen LogP contribution in [-0.4, -0.2) is 4.98 Å². The molecule has 0 fully saturated rings. The highest BCUT2D eigenvalue weighted by molar-refractivity contribution is 7.15. The van der Waals surface area contributed by atoms with Crippen LogP contribution in [0.1, 0.15) is 10.4 Å². The molecule has 0 radical (unpaired) electrons.